The first-order valence-electron chi connectivity index (χ1n) is 3.98. The highest BCUT2D eigenvalue weighted by Crippen LogP contribution is 2.00. The summed E-state index contributed by atoms with van der Waals surface area (Å²) in [4.78, 5) is 0. The summed E-state index contributed by atoms with van der Waals surface area (Å²) in [5.41, 5.74) is 0. The van der Waals surface area contributed by atoms with E-state index in [-0.39, 0.29) is 6.10 Å². The summed E-state index contributed by atoms with van der Waals surface area (Å²) in [7, 11) is 3.59. The molecular formula is C8H15N3O. The molecule has 0 saturated carbocycles. The average Bonchev–Trinajstić information content (AvgIpc) is 2.47. The average molecular weight is 169 g/mol. The molecule has 0 amide bonds. The number of hydrogen-bond acceptors (Lipinski definition) is 3. The third-order valence-corrected chi connectivity index (χ3v) is 1.69. The van der Waals surface area contributed by atoms with E-state index in [0.717, 1.165) is 12.4 Å². The fourth-order valence-electron chi connectivity index (χ4n) is 0.841. The van der Waals surface area contributed by atoms with E-state index < -0.39 is 0 Å². The van der Waals surface area contributed by atoms with Gasteiger partial charge in [-0.1, -0.05) is 0 Å². The minimum Gasteiger partial charge on any atom is -0.380 e. The predicted octanol–water partition coefficient (Wildman–Crippen LogP) is 0.867. The van der Waals surface area contributed by atoms with Crippen molar-refractivity contribution in [3.63, 3.8) is 0 Å². The Bertz CT molecular complexity index is 234. The number of anilines is 1. The number of nitrogens with zero attached hydrogens (tertiary/aromatic N) is 2. The van der Waals surface area contributed by atoms with Crippen molar-refractivity contribution >= 4 is 5.82 Å². The minimum absolute atomic E-state index is 0.215. The molecule has 1 atom stereocenters. The smallest absolute Gasteiger partial charge is 0.148 e. The van der Waals surface area contributed by atoms with Crippen LogP contribution in [0.5, 0.6) is 0 Å². The molecule has 1 rings (SSSR count). The van der Waals surface area contributed by atoms with E-state index in [1.165, 1.54) is 0 Å². The highest BCUT2D eigenvalue weighted by atomic mass is 16.5. The van der Waals surface area contributed by atoms with Crippen LogP contribution < -0.4 is 5.32 Å². The summed E-state index contributed by atoms with van der Waals surface area (Å²) in [6.45, 7) is 2.80. The van der Waals surface area contributed by atoms with Gasteiger partial charge < -0.3 is 10.1 Å². The molecule has 0 aromatic carbocycles. The van der Waals surface area contributed by atoms with Crippen molar-refractivity contribution in [2.75, 3.05) is 19.0 Å². The van der Waals surface area contributed by atoms with Crippen LogP contribution in [-0.2, 0) is 11.8 Å². The number of aromatic nitrogens is 2. The summed E-state index contributed by atoms with van der Waals surface area (Å²) in [5, 5.41) is 7.33. The van der Waals surface area contributed by atoms with Gasteiger partial charge in [-0.2, -0.15) is 5.10 Å². The molecule has 1 unspecified atom stereocenters. The molecule has 0 aliphatic carbocycles. The first kappa shape index (κ1) is 9.06. The molecule has 1 aromatic rings. The van der Waals surface area contributed by atoms with Crippen molar-refractivity contribution in [3.05, 3.63) is 12.3 Å². The second-order valence-corrected chi connectivity index (χ2v) is 2.80. The topological polar surface area (TPSA) is 39.1 Å². The van der Waals surface area contributed by atoms with Crippen molar-refractivity contribution in [1.82, 2.24) is 9.78 Å². The maximum absolute atomic E-state index is 5.08. The maximum Gasteiger partial charge on any atom is 0.148 e. The van der Waals surface area contributed by atoms with Gasteiger partial charge in [0.15, 0.2) is 0 Å². The van der Waals surface area contributed by atoms with Gasteiger partial charge in [-0.25, -0.2) is 0 Å². The second-order valence-electron chi connectivity index (χ2n) is 2.80. The quantitative estimate of drug-likeness (QED) is 0.726. The standard InChI is InChI=1S/C8H15N3O/c1-7(12-3)6-9-8-4-5-11(2)10-8/h4-5,7H,6H2,1-3H3,(H,9,10). The first-order valence-corrected chi connectivity index (χ1v) is 3.98. The maximum atomic E-state index is 5.08. The van der Waals surface area contributed by atoms with Crippen LogP contribution in [0.3, 0.4) is 0 Å². The van der Waals surface area contributed by atoms with Crippen molar-refractivity contribution in [2.24, 2.45) is 7.05 Å². The lowest BCUT2D eigenvalue weighted by Crippen LogP contribution is -2.18. The SMILES string of the molecule is COC(C)CNc1ccn(C)n1. The lowest BCUT2D eigenvalue weighted by molar-refractivity contribution is 0.128. The highest BCUT2D eigenvalue weighted by Gasteiger charge is 1.99. The molecule has 68 valence electrons. The third kappa shape index (κ3) is 2.54. The molecule has 1 heterocycles. The summed E-state index contributed by atoms with van der Waals surface area (Å²) < 4.78 is 6.85. The summed E-state index contributed by atoms with van der Waals surface area (Å²) >= 11 is 0. The number of aryl methyl sites for hydroxylation is 1. The Kier molecular flexibility index (Phi) is 3.10. The molecule has 0 bridgehead atoms. The molecule has 0 radical (unpaired) electrons. The lowest BCUT2D eigenvalue weighted by Gasteiger charge is -2.09. The Labute approximate surface area is 72.5 Å². The number of nitrogens with one attached hydrogen (secondary N) is 1. The number of ether oxygens (including phenoxy) is 1. The van der Waals surface area contributed by atoms with Gasteiger partial charge in [-0.05, 0) is 6.92 Å². The van der Waals surface area contributed by atoms with Gasteiger partial charge in [-0.3, -0.25) is 4.68 Å². The Morgan fingerprint density at radius 2 is 2.50 bits per heavy atom. The fraction of sp³-hybridized carbons (Fsp3) is 0.625. The van der Waals surface area contributed by atoms with Gasteiger partial charge in [0.2, 0.25) is 0 Å². The minimum atomic E-state index is 0.215. The van der Waals surface area contributed by atoms with Crippen molar-refractivity contribution < 1.29 is 4.74 Å². The predicted molar refractivity (Wildman–Crippen MR) is 48.2 cm³/mol. The lowest BCUT2D eigenvalue weighted by atomic mass is 10.4. The van der Waals surface area contributed by atoms with E-state index >= 15 is 0 Å². The van der Waals surface area contributed by atoms with Crippen LogP contribution >= 0.6 is 0 Å². The Morgan fingerprint density at radius 3 is 3.00 bits per heavy atom. The van der Waals surface area contributed by atoms with Crippen molar-refractivity contribution in [3.8, 4) is 0 Å². The largest absolute Gasteiger partial charge is 0.380 e. The van der Waals surface area contributed by atoms with Crippen LogP contribution in [0.15, 0.2) is 12.3 Å². The van der Waals surface area contributed by atoms with Crippen LogP contribution in [0.1, 0.15) is 6.92 Å². The third-order valence-electron chi connectivity index (χ3n) is 1.69. The Hall–Kier alpha value is -1.03. The normalized spacial score (nSPS) is 12.9. The summed E-state index contributed by atoms with van der Waals surface area (Å²) in [5.74, 6) is 0.890. The summed E-state index contributed by atoms with van der Waals surface area (Å²) in [6, 6.07) is 1.93. The van der Waals surface area contributed by atoms with Gasteiger partial charge in [-0.15, -0.1) is 0 Å². The van der Waals surface area contributed by atoms with Crippen molar-refractivity contribution in [2.45, 2.75) is 13.0 Å². The van der Waals surface area contributed by atoms with Gasteiger partial charge in [0.05, 0.1) is 6.10 Å². The zero-order valence-electron chi connectivity index (χ0n) is 7.74. The van der Waals surface area contributed by atoms with Gasteiger partial charge >= 0.3 is 0 Å². The van der Waals surface area contributed by atoms with E-state index in [2.05, 4.69) is 10.4 Å². The van der Waals surface area contributed by atoms with Gasteiger partial charge in [0, 0.05) is 33.0 Å². The molecule has 1 N–H and O–H groups in total. The molecule has 0 saturated heterocycles. The van der Waals surface area contributed by atoms with Crippen LogP contribution in [0, 0.1) is 0 Å². The molecule has 4 nitrogen and oxygen atoms in total. The molecule has 0 spiro atoms. The second kappa shape index (κ2) is 4.11. The molecule has 1 aromatic heterocycles. The molecule has 4 heteroatoms. The zero-order chi connectivity index (χ0) is 8.97. The number of hydrogen-bond donors (Lipinski definition) is 1. The Morgan fingerprint density at radius 1 is 1.75 bits per heavy atom. The molecule has 12 heavy (non-hydrogen) atoms. The van der Waals surface area contributed by atoms with E-state index in [9.17, 15) is 0 Å². The molecule has 0 fully saturated rings. The number of rotatable bonds is 4. The van der Waals surface area contributed by atoms with Crippen LogP contribution in [0.2, 0.25) is 0 Å². The van der Waals surface area contributed by atoms with Gasteiger partial charge in [0.1, 0.15) is 5.82 Å². The Balaban J connectivity index is 2.33. The van der Waals surface area contributed by atoms with E-state index in [4.69, 9.17) is 4.74 Å². The number of methoxy groups -OCH3 is 1. The van der Waals surface area contributed by atoms with Crippen LogP contribution in [-0.4, -0.2) is 29.5 Å². The molecule has 0 aliphatic heterocycles. The van der Waals surface area contributed by atoms with Gasteiger partial charge in [0.25, 0.3) is 0 Å². The van der Waals surface area contributed by atoms with E-state index in [1.807, 2.05) is 26.2 Å². The van der Waals surface area contributed by atoms with Crippen molar-refractivity contribution in [1.29, 1.82) is 0 Å². The van der Waals surface area contributed by atoms with E-state index in [1.54, 1.807) is 11.8 Å². The monoisotopic (exact) mass is 169 g/mol. The fourth-order valence-corrected chi connectivity index (χ4v) is 0.841. The highest BCUT2D eigenvalue weighted by molar-refractivity contribution is 5.31. The van der Waals surface area contributed by atoms with E-state index in [0.29, 0.717) is 0 Å². The van der Waals surface area contributed by atoms with Crippen LogP contribution in [0.4, 0.5) is 5.82 Å². The van der Waals surface area contributed by atoms with Crippen LogP contribution in [0.25, 0.3) is 0 Å². The molecular weight excluding hydrogens is 154 g/mol. The summed E-state index contributed by atoms with van der Waals surface area (Å²) in [6.07, 6.45) is 2.12. The zero-order valence-corrected chi connectivity index (χ0v) is 7.74. The molecule has 0 aliphatic rings. The first-order chi connectivity index (χ1) is 5.72.